The molecule has 0 amide bonds. The highest BCUT2D eigenvalue weighted by Crippen LogP contribution is 2.22. The molecule has 0 radical (unpaired) electrons. The maximum Gasteiger partial charge on any atom is 0.130 e. The van der Waals surface area contributed by atoms with Gasteiger partial charge in [0.05, 0.1) is 0 Å². The molecule has 0 spiro atoms. The topological polar surface area (TPSA) is 38.0 Å². The second-order valence-corrected chi connectivity index (χ2v) is 4.91. The third kappa shape index (κ3) is 3.62. The van der Waals surface area contributed by atoms with Crippen LogP contribution in [0, 0.1) is 18.6 Å². The SMILES string of the molecule is Cc1cccc(CCC(NN)c2ccc(F)cc2F)c1. The van der Waals surface area contributed by atoms with Crippen molar-refractivity contribution < 1.29 is 8.78 Å². The number of hydrogen-bond donors (Lipinski definition) is 2. The van der Waals surface area contributed by atoms with Gasteiger partial charge in [0, 0.05) is 17.7 Å². The van der Waals surface area contributed by atoms with Gasteiger partial charge in [0.15, 0.2) is 0 Å². The van der Waals surface area contributed by atoms with Crippen molar-refractivity contribution in [3.05, 3.63) is 70.8 Å². The lowest BCUT2D eigenvalue weighted by molar-refractivity contribution is 0.480. The predicted octanol–water partition coefficient (Wildman–Crippen LogP) is 3.41. The van der Waals surface area contributed by atoms with Gasteiger partial charge in [-0.05, 0) is 31.4 Å². The smallest absolute Gasteiger partial charge is 0.130 e. The summed E-state index contributed by atoms with van der Waals surface area (Å²) in [5, 5.41) is 0. The number of hydrazine groups is 1. The fraction of sp³-hybridized carbons (Fsp3) is 0.250. The summed E-state index contributed by atoms with van der Waals surface area (Å²) in [5.74, 6) is 4.34. The molecule has 0 saturated carbocycles. The van der Waals surface area contributed by atoms with Crippen LogP contribution in [0.25, 0.3) is 0 Å². The van der Waals surface area contributed by atoms with E-state index in [9.17, 15) is 8.78 Å². The molecule has 1 atom stereocenters. The Hall–Kier alpha value is -1.78. The molecule has 106 valence electrons. The third-order valence-electron chi connectivity index (χ3n) is 3.34. The van der Waals surface area contributed by atoms with Gasteiger partial charge in [-0.1, -0.05) is 35.9 Å². The molecule has 0 aliphatic carbocycles. The van der Waals surface area contributed by atoms with E-state index in [1.807, 2.05) is 25.1 Å². The van der Waals surface area contributed by atoms with Gasteiger partial charge in [-0.25, -0.2) is 8.78 Å². The highest BCUT2D eigenvalue weighted by Gasteiger charge is 2.15. The van der Waals surface area contributed by atoms with Gasteiger partial charge in [-0.15, -0.1) is 0 Å². The number of nitrogens with one attached hydrogen (secondary N) is 1. The monoisotopic (exact) mass is 276 g/mol. The first-order valence-electron chi connectivity index (χ1n) is 6.57. The predicted molar refractivity (Wildman–Crippen MR) is 75.9 cm³/mol. The van der Waals surface area contributed by atoms with E-state index >= 15 is 0 Å². The van der Waals surface area contributed by atoms with Gasteiger partial charge in [-0.3, -0.25) is 11.3 Å². The minimum atomic E-state index is -0.583. The molecule has 1 unspecified atom stereocenters. The average molecular weight is 276 g/mol. The number of nitrogens with two attached hydrogens (primary N) is 1. The van der Waals surface area contributed by atoms with Crippen LogP contribution < -0.4 is 11.3 Å². The van der Waals surface area contributed by atoms with Gasteiger partial charge in [0.1, 0.15) is 11.6 Å². The summed E-state index contributed by atoms with van der Waals surface area (Å²) in [6.07, 6.45) is 1.41. The normalized spacial score (nSPS) is 12.4. The Labute approximate surface area is 117 Å². The molecule has 3 N–H and O–H groups in total. The first kappa shape index (κ1) is 14.6. The molecule has 20 heavy (non-hydrogen) atoms. The van der Waals surface area contributed by atoms with Crippen LogP contribution >= 0.6 is 0 Å². The zero-order chi connectivity index (χ0) is 14.5. The van der Waals surface area contributed by atoms with Crippen molar-refractivity contribution in [3.8, 4) is 0 Å². The lowest BCUT2D eigenvalue weighted by atomic mass is 9.98. The Bertz CT molecular complexity index is 584. The first-order valence-corrected chi connectivity index (χ1v) is 6.57. The van der Waals surface area contributed by atoms with E-state index < -0.39 is 11.6 Å². The number of benzene rings is 2. The van der Waals surface area contributed by atoms with Gasteiger partial charge in [0.2, 0.25) is 0 Å². The second-order valence-electron chi connectivity index (χ2n) is 4.91. The quantitative estimate of drug-likeness (QED) is 0.649. The van der Waals surface area contributed by atoms with Crippen LogP contribution in [0.15, 0.2) is 42.5 Å². The van der Waals surface area contributed by atoms with Crippen LogP contribution in [0.2, 0.25) is 0 Å². The van der Waals surface area contributed by atoms with E-state index in [1.165, 1.54) is 23.3 Å². The van der Waals surface area contributed by atoms with Crippen LogP contribution in [0.5, 0.6) is 0 Å². The second kappa shape index (κ2) is 6.59. The molecule has 0 aliphatic rings. The van der Waals surface area contributed by atoms with Crippen molar-refractivity contribution in [3.63, 3.8) is 0 Å². The fourth-order valence-corrected chi connectivity index (χ4v) is 2.29. The van der Waals surface area contributed by atoms with Crippen LogP contribution in [-0.2, 0) is 6.42 Å². The molecule has 2 rings (SSSR count). The molecule has 2 nitrogen and oxygen atoms in total. The molecule has 0 aliphatic heterocycles. The number of hydrogen-bond acceptors (Lipinski definition) is 2. The van der Waals surface area contributed by atoms with E-state index in [2.05, 4.69) is 11.5 Å². The van der Waals surface area contributed by atoms with Crippen molar-refractivity contribution in [1.82, 2.24) is 5.43 Å². The Balaban J connectivity index is 2.09. The van der Waals surface area contributed by atoms with E-state index in [0.29, 0.717) is 12.0 Å². The van der Waals surface area contributed by atoms with Crippen molar-refractivity contribution in [2.45, 2.75) is 25.8 Å². The Kier molecular flexibility index (Phi) is 4.82. The summed E-state index contributed by atoms with van der Waals surface area (Å²) >= 11 is 0. The van der Waals surface area contributed by atoms with Crippen LogP contribution in [0.3, 0.4) is 0 Å². The summed E-state index contributed by atoms with van der Waals surface area (Å²) in [7, 11) is 0. The highest BCUT2D eigenvalue weighted by molar-refractivity contribution is 5.25. The number of aryl methyl sites for hydroxylation is 2. The summed E-state index contributed by atoms with van der Waals surface area (Å²) in [6, 6.07) is 11.4. The van der Waals surface area contributed by atoms with Gasteiger partial charge in [0.25, 0.3) is 0 Å². The largest absolute Gasteiger partial charge is 0.271 e. The molecule has 4 heteroatoms. The lowest BCUT2D eigenvalue weighted by Crippen LogP contribution is -2.29. The Morgan fingerprint density at radius 3 is 2.60 bits per heavy atom. The zero-order valence-electron chi connectivity index (χ0n) is 11.4. The standard InChI is InChI=1S/C16H18F2N2/c1-11-3-2-4-12(9-11)5-8-16(20-19)14-7-6-13(17)10-15(14)18/h2-4,6-7,9-10,16,20H,5,8,19H2,1H3. The Morgan fingerprint density at radius 1 is 1.15 bits per heavy atom. The Morgan fingerprint density at radius 2 is 1.95 bits per heavy atom. The lowest BCUT2D eigenvalue weighted by Gasteiger charge is -2.17. The van der Waals surface area contributed by atoms with Crippen LogP contribution in [-0.4, -0.2) is 0 Å². The average Bonchev–Trinajstić information content (AvgIpc) is 2.41. The molecular weight excluding hydrogens is 258 g/mol. The first-order chi connectivity index (χ1) is 9.60. The third-order valence-corrected chi connectivity index (χ3v) is 3.34. The maximum absolute atomic E-state index is 13.7. The summed E-state index contributed by atoms with van der Waals surface area (Å²) < 4.78 is 26.7. The number of halogens is 2. The maximum atomic E-state index is 13.7. The zero-order valence-corrected chi connectivity index (χ0v) is 11.4. The summed E-state index contributed by atoms with van der Waals surface area (Å²) in [5.41, 5.74) is 5.35. The minimum absolute atomic E-state index is 0.337. The molecule has 2 aromatic carbocycles. The minimum Gasteiger partial charge on any atom is -0.271 e. The molecule has 0 fully saturated rings. The highest BCUT2D eigenvalue weighted by atomic mass is 19.1. The summed E-state index contributed by atoms with van der Waals surface area (Å²) in [4.78, 5) is 0. The van der Waals surface area contributed by atoms with Crippen molar-refractivity contribution in [1.29, 1.82) is 0 Å². The van der Waals surface area contributed by atoms with Gasteiger partial charge < -0.3 is 0 Å². The van der Waals surface area contributed by atoms with Crippen molar-refractivity contribution in [2.24, 2.45) is 5.84 Å². The molecule has 2 aromatic rings. The number of rotatable bonds is 5. The van der Waals surface area contributed by atoms with Crippen LogP contribution in [0.4, 0.5) is 8.78 Å². The molecule has 0 aromatic heterocycles. The summed E-state index contributed by atoms with van der Waals surface area (Å²) in [6.45, 7) is 2.03. The molecule has 0 bridgehead atoms. The van der Waals surface area contributed by atoms with E-state index in [4.69, 9.17) is 5.84 Å². The van der Waals surface area contributed by atoms with Crippen molar-refractivity contribution in [2.75, 3.05) is 0 Å². The van der Waals surface area contributed by atoms with Crippen molar-refractivity contribution >= 4 is 0 Å². The van der Waals surface area contributed by atoms with Gasteiger partial charge >= 0.3 is 0 Å². The molecular formula is C16H18F2N2. The van der Waals surface area contributed by atoms with Gasteiger partial charge in [-0.2, -0.15) is 0 Å². The van der Waals surface area contributed by atoms with E-state index in [1.54, 1.807) is 0 Å². The molecule has 0 heterocycles. The van der Waals surface area contributed by atoms with Crippen LogP contribution in [0.1, 0.15) is 29.2 Å². The fourth-order valence-electron chi connectivity index (χ4n) is 2.29. The molecule has 0 saturated heterocycles. The van der Waals surface area contributed by atoms with E-state index in [-0.39, 0.29) is 6.04 Å². The van der Waals surface area contributed by atoms with E-state index in [0.717, 1.165) is 12.5 Å².